The lowest BCUT2D eigenvalue weighted by molar-refractivity contribution is -0.140. The van der Waals surface area contributed by atoms with Crippen molar-refractivity contribution in [1.82, 2.24) is 5.32 Å². The molecule has 0 unspecified atom stereocenters. The van der Waals surface area contributed by atoms with Crippen molar-refractivity contribution in [2.45, 2.75) is 52.1 Å². The second-order valence-electron chi connectivity index (χ2n) is 9.91. The molecule has 2 N–H and O–H groups in total. The molecule has 1 aromatic heterocycles. The first kappa shape index (κ1) is 24.9. The summed E-state index contributed by atoms with van der Waals surface area (Å²) in [6.07, 6.45) is 2.33. The number of esters is 1. The van der Waals surface area contributed by atoms with Crippen molar-refractivity contribution < 1.29 is 28.6 Å². The number of ether oxygens (including phenoxy) is 2. The number of hydrogen-bond acceptors (Lipinski definition) is 7. The van der Waals surface area contributed by atoms with E-state index in [9.17, 15) is 19.5 Å². The summed E-state index contributed by atoms with van der Waals surface area (Å²) in [7, 11) is 0. The standard InChI is InChI=1S/C26H28ClNO7/c1-26(2,3)35-25(32)28-13-14-4-6-15(7-5-14)24(31)33-17-11-19(29)22-21(12-17)34-20-10-16(27)8-9-18(20)23(22)30/h8-12,14-15,29H,4-7,13H2,1-3H3,(H,28,32). The van der Waals surface area contributed by atoms with Crippen molar-refractivity contribution in [3.8, 4) is 11.5 Å². The van der Waals surface area contributed by atoms with E-state index in [2.05, 4.69) is 5.32 Å². The topological polar surface area (TPSA) is 115 Å². The zero-order chi connectivity index (χ0) is 25.3. The van der Waals surface area contributed by atoms with Crippen LogP contribution in [-0.4, -0.2) is 29.3 Å². The molecular weight excluding hydrogens is 474 g/mol. The second kappa shape index (κ2) is 9.77. The number of rotatable bonds is 4. The van der Waals surface area contributed by atoms with Gasteiger partial charge in [0.2, 0.25) is 5.43 Å². The van der Waals surface area contributed by atoms with Gasteiger partial charge in [0.1, 0.15) is 33.7 Å². The Hall–Kier alpha value is -3.26. The van der Waals surface area contributed by atoms with Crippen LogP contribution >= 0.6 is 11.6 Å². The number of fused-ring (bicyclic) bond motifs is 2. The van der Waals surface area contributed by atoms with Crippen LogP contribution in [0, 0.1) is 11.8 Å². The average molecular weight is 502 g/mol. The van der Waals surface area contributed by atoms with Crippen LogP contribution in [-0.2, 0) is 9.53 Å². The number of alkyl carbamates (subject to hydrolysis) is 1. The smallest absolute Gasteiger partial charge is 0.407 e. The minimum absolute atomic E-state index is 0.0117. The highest BCUT2D eigenvalue weighted by Crippen LogP contribution is 2.33. The van der Waals surface area contributed by atoms with Gasteiger partial charge in [-0.3, -0.25) is 9.59 Å². The SMILES string of the molecule is CC(C)(C)OC(=O)NCC1CCC(C(=O)Oc2cc(O)c3c(=O)c4ccc(Cl)cc4oc3c2)CC1. The quantitative estimate of drug-likeness (QED) is 0.274. The fourth-order valence-corrected chi connectivity index (χ4v) is 4.47. The van der Waals surface area contributed by atoms with E-state index < -0.39 is 23.1 Å². The van der Waals surface area contributed by atoms with Gasteiger partial charge in [-0.25, -0.2) is 4.79 Å². The van der Waals surface area contributed by atoms with Gasteiger partial charge in [-0.2, -0.15) is 0 Å². The summed E-state index contributed by atoms with van der Waals surface area (Å²) >= 11 is 6.00. The van der Waals surface area contributed by atoms with Gasteiger partial charge in [0.15, 0.2) is 0 Å². The number of amides is 1. The molecule has 0 spiro atoms. The summed E-state index contributed by atoms with van der Waals surface area (Å²) in [6.45, 7) is 5.92. The molecule has 9 heteroatoms. The highest BCUT2D eigenvalue weighted by molar-refractivity contribution is 6.31. The van der Waals surface area contributed by atoms with Gasteiger partial charge in [-0.15, -0.1) is 0 Å². The first-order chi connectivity index (χ1) is 16.5. The first-order valence-electron chi connectivity index (χ1n) is 11.6. The molecule has 35 heavy (non-hydrogen) atoms. The maximum Gasteiger partial charge on any atom is 0.407 e. The average Bonchev–Trinajstić information content (AvgIpc) is 2.76. The summed E-state index contributed by atoms with van der Waals surface area (Å²) in [4.78, 5) is 37.4. The molecule has 0 aliphatic heterocycles. The van der Waals surface area contributed by atoms with Gasteiger partial charge < -0.3 is 24.3 Å². The fraction of sp³-hybridized carbons (Fsp3) is 0.423. The third-order valence-corrected chi connectivity index (χ3v) is 6.26. The number of phenols is 1. The van der Waals surface area contributed by atoms with E-state index in [-0.39, 0.29) is 39.9 Å². The molecule has 0 radical (unpaired) electrons. The lowest BCUT2D eigenvalue weighted by atomic mass is 9.82. The molecule has 1 heterocycles. The van der Waals surface area contributed by atoms with Crippen LogP contribution in [0.4, 0.5) is 4.79 Å². The molecule has 2 aromatic carbocycles. The number of carbonyl (C=O) groups is 2. The van der Waals surface area contributed by atoms with Gasteiger partial charge in [-0.1, -0.05) is 11.6 Å². The summed E-state index contributed by atoms with van der Waals surface area (Å²) in [5, 5.41) is 14.0. The molecule has 1 aliphatic rings. The van der Waals surface area contributed by atoms with Crippen LogP contribution in [0.1, 0.15) is 46.5 Å². The van der Waals surface area contributed by atoms with Gasteiger partial charge in [0.25, 0.3) is 0 Å². The Morgan fingerprint density at radius 3 is 2.51 bits per heavy atom. The largest absolute Gasteiger partial charge is 0.507 e. The normalized spacial score (nSPS) is 18.4. The Balaban J connectivity index is 1.40. The number of aromatic hydroxyl groups is 1. The summed E-state index contributed by atoms with van der Waals surface area (Å²) in [6, 6.07) is 7.29. The Labute approximate surface area is 207 Å². The van der Waals surface area contributed by atoms with E-state index in [0.717, 1.165) is 12.8 Å². The molecule has 1 amide bonds. The predicted molar refractivity (Wildman–Crippen MR) is 132 cm³/mol. The molecule has 0 saturated heterocycles. The molecule has 1 saturated carbocycles. The first-order valence-corrected chi connectivity index (χ1v) is 12.0. The molecule has 0 bridgehead atoms. The second-order valence-corrected chi connectivity index (χ2v) is 10.3. The zero-order valence-electron chi connectivity index (χ0n) is 19.9. The van der Waals surface area contributed by atoms with E-state index in [0.29, 0.717) is 29.8 Å². The van der Waals surface area contributed by atoms with E-state index in [1.54, 1.807) is 6.07 Å². The minimum atomic E-state index is -0.550. The van der Waals surface area contributed by atoms with Crippen LogP contribution in [0.25, 0.3) is 21.9 Å². The molecule has 1 aliphatic carbocycles. The number of hydrogen-bond donors (Lipinski definition) is 2. The Morgan fingerprint density at radius 1 is 1.11 bits per heavy atom. The lowest BCUT2D eigenvalue weighted by Gasteiger charge is -2.28. The van der Waals surface area contributed by atoms with Crippen molar-refractivity contribution in [3.63, 3.8) is 0 Å². The van der Waals surface area contributed by atoms with Gasteiger partial charge in [0, 0.05) is 29.8 Å². The Bertz CT molecular complexity index is 1330. The van der Waals surface area contributed by atoms with Crippen LogP contribution in [0.2, 0.25) is 5.02 Å². The van der Waals surface area contributed by atoms with E-state index in [1.807, 2.05) is 20.8 Å². The molecule has 186 valence electrons. The summed E-state index contributed by atoms with van der Waals surface area (Å²) in [5.41, 5.74) is -0.571. The van der Waals surface area contributed by atoms with Crippen molar-refractivity contribution in [3.05, 3.63) is 45.6 Å². The highest BCUT2D eigenvalue weighted by atomic mass is 35.5. The minimum Gasteiger partial charge on any atom is -0.507 e. The number of carbonyl (C=O) groups excluding carboxylic acids is 2. The van der Waals surface area contributed by atoms with E-state index in [4.69, 9.17) is 25.5 Å². The zero-order valence-corrected chi connectivity index (χ0v) is 20.6. The number of phenolic OH excluding ortho intramolecular Hbond substituents is 1. The van der Waals surface area contributed by atoms with Crippen LogP contribution in [0.5, 0.6) is 11.5 Å². The molecule has 3 aromatic rings. The number of nitrogens with one attached hydrogen (secondary N) is 1. The van der Waals surface area contributed by atoms with E-state index in [1.165, 1.54) is 24.3 Å². The van der Waals surface area contributed by atoms with Crippen LogP contribution in [0.3, 0.4) is 0 Å². The third-order valence-electron chi connectivity index (χ3n) is 6.02. The van der Waals surface area contributed by atoms with Gasteiger partial charge >= 0.3 is 12.1 Å². The molecular formula is C26H28ClNO7. The molecule has 8 nitrogen and oxygen atoms in total. The summed E-state index contributed by atoms with van der Waals surface area (Å²) < 4.78 is 16.5. The fourth-order valence-electron chi connectivity index (χ4n) is 4.31. The maximum atomic E-state index is 12.8. The Morgan fingerprint density at radius 2 is 1.83 bits per heavy atom. The maximum absolute atomic E-state index is 12.8. The summed E-state index contributed by atoms with van der Waals surface area (Å²) in [5.74, 6) is -0.682. The number of benzene rings is 2. The van der Waals surface area contributed by atoms with Crippen molar-refractivity contribution in [2.75, 3.05) is 6.54 Å². The molecule has 0 atom stereocenters. The molecule has 1 fully saturated rings. The molecule has 4 rings (SSSR count). The highest BCUT2D eigenvalue weighted by Gasteiger charge is 2.29. The van der Waals surface area contributed by atoms with Gasteiger partial charge in [0.05, 0.1) is 11.3 Å². The predicted octanol–water partition coefficient (Wildman–Crippen LogP) is 5.54. The Kier molecular flexibility index (Phi) is 6.94. The third kappa shape index (κ3) is 5.88. The number of halogens is 1. The van der Waals surface area contributed by atoms with Crippen molar-refractivity contribution in [2.24, 2.45) is 11.8 Å². The monoisotopic (exact) mass is 501 g/mol. The van der Waals surface area contributed by atoms with Crippen molar-refractivity contribution in [1.29, 1.82) is 0 Å². The van der Waals surface area contributed by atoms with Crippen LogP contribution in [0.15, 0.2) is 39.5 Å². The van der Waals surface area contributed by atoms with Crippen molar-refractivity contribution >= 4 is 45.6 Å². The van der Waals surface area contributed by atoms with E-state index >= 15 is 0 Å². The lowest BCUT2D eigenvalue weighted by Crippen LogP contribution is -2.36. The van der Waals surface area contributed by atoms with Gasteiger partial charge in [-0.05, 0) is 64.5 Å². The van der Waals surface area contributed by atoms with Crippen LogP contribution < -0.4 is 15.5 Å².